The summed E-state index contributed by atoms with van der Waals surface area (Å²) < 4.78 is 11.8. The molecule has 0 N–H and O–H groups in total. The predicted molar refractivity (Wildman–Crippen MR) is 31.3 cm³/mol. The molecule has 1 fully saturated rings. The van der Waals surface area contributed by atoms with E-state index >= 15 is 0 Å². The number of rotatable bonds is 2. The highest BCUT2D eigenvalue weighted by Gasteiger charge is 2.14. The van der Waals surface area contributed by atoms with Gasteiger partial charge >= 0.3 is 0 Å². The van der Waals surface area contributed by atoms with Crippen LogP contribution in [0.5, 0.6) is 0 Å². The molecule has 1 aliphatic heterocycles. The molecule has 3 heteroatoms. The van der Waals surface area contributed by atoms with Crippen molar-refractivity contribution in [2.24, 2.45) is 0 Å². The standard InChI is InChI=1S/C6H11FNO/c7-6(9)5-8-3-1-2-4-8/h6H,1-5H2. The smallest absolute Gasteiger partial charge is 0.244 e. The van der Waals surface area contributed by atoms with Gasteiger partial charge in [0.1, 0.15) is 0 Å². The summed E-state index contributed by atoms with van der Waals surface area (Å²) in [5, 5.41) is 9.97. The zero-order valence-corrected chi connectivity index (χ0v) is 5.35. The minimum Gasteiger partial charge on any atom is -0.298 e. The fourth-order valence-corrected chi connectivity index (χ4v) is 1.17. The molecule has 1 atom stereocenters. The molecule has 1 saturated heterocycles. The van der Waals surface area contributed by atoms with Gasteiger partial charge in [-0.25, -0.2) is 4.39 Å². The molecule has 9 heavy (non-hydrogen) atoms. The quantitative estimate of drug-likeness (QED) is 0.545. The van der Waals surface area contributed by atoms with E-state index in [0.717, 1.165) is 25.9 Å². The van der Waals surface area contributed by atoms with E-state index in [4.69, 9.17) is 0 Å². The lowest BCUT2D eigenvalue weighted by atomic mass is 10.4. The first-order valence-electron chi connectivity index (χ1n) is 3.31. The molecular formula is C6H11FNO. The first-order chi connectivity index (χ1) is 4.29. The Kier molecular flexibility index (Phi) is 2.42. The highest BCUT2D eigenvalue weighted by atomic mass is 19.1. The normalized spacial score (nSPS) is 24.7. The van der Waals surface area contributed by atoms with Crippen molar-refractivity contribution < 1.29 is 9.50 Å². The second-order valence-corrected chi connectivity index (χ2v) is 2.42. The lowest BCUT2D eigenvalue weighted by Crippen LogP contribution is -2.26. The molecule has 2 nitrogen and oxygen atoms in total. The zero-order valence-electron chi connectivity index (χ0n) is 5.35. The molecule has 1 rings (SSSR count). The number of hydrogen-bond acceptors (Lipinski definition) is 1. The molecule has 0 spiro atoms. The van der Waals surface area contributed by atoms with E-state index < -0.39 is 6.36 Å². The summed E-state index contributed by atoms with van der Waals surface area (Å²) in [5.41, 5.74) is 0. The average Bonchev–Trinajstić information content (AvgIpc) is 2.15. The van der Waals surface area contributed by atoms with Crippen molar-refractivity contribution in [1.29, 1.82) is 0 Å². The van der Waals surface area contributed by atoms with E-state index in [1.165, 1.54) is 0 Å². The number of likely N-dealkylation sites (tertiary alicyclic amines) is 1. The lowest BCUT2D eigenvalue weighted by molar-refractivity contribution is -0.0416. The van der Waals surface area contributed by atoms with Gasteiger partial charge in [0, 0.05) is 0 Å². The van der Waals surface area contributed by atoms with Crippen LogP contribution in [0.25, 0.3) is 0 Å². The monoisotopic (exact) mass is 132 g/mol. The van der Waals surface area contributed by atoms with Crippen molar-refractivity contribution in [3.63, 3.8) is 0 Å². The van der Waals surface area contributed by atoms with Crippen LogP contribution in [-0.4, -0.2) is 30.9 Å². The second-order valence-electron chi connectivity index (χ2n) is 2.42. The Morgan fingerprint density at radius 2 is 2.00 bits per heavy atom. The van der Waals surface area contributed by atoms with Gasteiger partial charge in [-0.15, -0.1) is 0 Å². The zero-order chi connectivity index (χ0) is 6.69. The van der Waals surface area contributed by atoms with Crippen LogP contribution in [0.3, 0.4) is 0 Å². The van der Waals surface area contributed by atoms with Crippen LogP contribution in [0.15, 0.2) is 0 Å². The van der Waals surface area contributed by atoms with Gasteiger partial charge < -0.3 is 0 Å². The van der Waals surface area contributed by atoms with E-state index in [1.807, 2.05) is 4.90 Å². The summed E-state index contributed by atoms with van der Waals surface area (Å²) in [6.45, 7) is 1.89. The fourth-order valence-electron chi connectivity index (χ4n) is 1.17. The van der Waals surface area contributed by atoms with Gasteiger partial charge in [-0.05, 0) is 25.9 Å². The third kappa shape index (κ3) is 2.28. The van der Waals surface area contributed by atoms with Crippen molar-refractivity contribution in [3.8, 4) is 0 Å². The van der Waals surface area contributed by atoms with Crippen LogP contribution in [0.2, 0.25) is 0 Å². The molecule has 1 radical (unpaired) electrons. The molecule has 1 unspecified atom stereocenters. The number of hydrogen-bond donors (Lipinski definition) is 0. The summed E-state index contributed by atoms with van der Waals surface area (Å²) in [7, 11) is 0. The summed E-state index contributed by atoms with van der Waals surface area (Å²) >= 11 is 0. The Balaban J connectivity index is 2.11. The number of nitrogens with zero attached hydrogens (tertiary/aromatic N) is 1. The van der Waals surface area contributed by atoms with Gasteiger partial charge in [0.05, 0.1) is 6.54 Å². The second kappa shape index (κ2) is 3.13. The predicted octanol–water partition coefficient (Wildman–Crippen LogP) is 0.808. The molecule has 0 bridgehead atoms. The molecule has 0 aromatic rings. The van der Waals surface area contributed by atoms with Crippen LogP contribution in [0.4, 0.5) is 4.39 Å². The fraction of sp³-hybridized carbons (Fsp3) is 1.00. The van der Waals surface area contributed by atoms with Gasteiger partial charge in [-0.3, -0.25) is 4.90 Å². The molecular weight excluding hydrogens is 121 g/mol. The van der Waals surface area contributed by atoms with Crippen molar-refractivity contribution in [3.05, 3.63) is 0 Å². The summed E-state index contributed by atoms with van der Waals surface area (Å²) in [6.07, 6.45) is 0.336. The lowest BCUT2D eigenvalue weighted by Gasteiger charge is -2.12. The maximum atomic E-state index is 11.8. The van der Waals surface area contributed by atoms with Crippen molar-refractivity contribution in [1.82, 2.24) is 4.90 Å². The molecule has 1 aliphatic rings. The van der Waals surface area contributed by atoms with Gasteiger partial charge in [-0.2, -0.15) is 5.11 Å². The average molecular weight is 132 g/mol. The minimum atomic E-state index is -1.90. The van der Waals surface area contributed by atoms with Gasteiger partial charge in [0.2, 0.25) is 6.36 Å². The van der Waals surface area contributed by atoms with E-state index in [9.17, 15) is 9.50 Å². The largest absolute Gasteiger partial charge is 0.298 e. The Bertz CT molecular complexity index is 81.1. The Labute approximate surface area is 54.3 Å². The number of alkyl halides is 1. The Hall–Kier alpha value is -0.150. The van der Waals surface area contributed by atoms with Crippen LogP contribution in [0, 0.1) is 0 Å². The third-order valence-corrected chi connectivity index (χ3v) is 1.60. The molecule has 53 valence electrons. The van der Waals surface area contributed by atoms with E-state index in [2.05, 4.69) is 0 Å². The van der Waals surface area contributed by atoms with E-state index in [0.29, 0.717) is 0 Å². The van der Waals surface area contributed by atoms with Crippen molar-refractivity contribution in [2.75, 3.05) is 19.6 Å². The maximum Gasteiger partial charge on any atom is 0.244 e. The van der Waals surface area contributed by atoms with Crippen LogP contribution in [0.1, 0.15) is 12.8 Å². The van der Waals surface area contributed by atoms with Crippen LogP contribution in [-0.2, 0) is 5.11 Å². The summed E-state index contributed by atoms with van der Waals surface area (Å²) in [4.78, 5) is 1.87. The first kappa shape index (κ1) is 6.96. The molecule has 1 heterocycles. The van der Waals surface area contributed by atoms with Gasteiger partial charge in [0.15, 0.2) is 0 Å². The Morgan fingerprint density at radius 3 is 2.44 bits per heavy atom. The Morgan fingerprint density at radius 1 is 1.44 bits per heavy atom. The molecule has 0 aromatic heterocycles. The number of halogens is 1. The van der Waals surface area contributed by atoms with Crippen LogP contribution >= 0.6 is 0 Å². The third-order valence-electron chi connectivity index (χ3n) is 1.60. The van der Waals surface area contributed by atoms with Crippen molar-refractivity contribution in [2.45, 2.75) is 19.2 Å². The topological polar surface area (TPSA) is 23.1 Å². The van der Waals surface area contributed by atoms with E-state index in [1.54, 1.807) is 0 Å². The maximum absolute atomic E-state index is 11.8. The SMILES string of the molecule is [O]C(F)CN1CCCC1. The van der Waals surface area contributed by atoms with E-state index in [-0.39, 0.29) is 6.54 Å². The summed E-state index contributed by atoms with van der Waals surface area (Å²) in [6, 6.07) is 0. The summed E-state index contributed by atoms with van der Waals surface area (Å²) in [5.74, 6) is 0. The van der Waals surface area contributed by atoms with Gasteiger partial charge in [0.25, 0.3) is 0 Å². The molecule has 0 saturated carbocycles. The molecule has 0 amide bonds. The highest BCUT2D eigenvalue weighted by molar-refractivity contribution is 4.65. The molecule has 0 aromatic carbocycles. The first-order valence-corrected chi connectivity index (χ1v) is 3.31. The van der Waals surface area contributed by atoms with Crippen LogP contribution < -0.4 is 0 Å². The highest BCUT2D eigenvalue weighted by Crippen LogP contribution is 2.07. The minimum absolute atomic E-state index is 0.0833. The van der Waals surface area contributed by atoms with Gasteiger partial charge in [-0.1, -0.05) is 0 Å². The van der Waals surface area contributed by atoms with Crippen molar-refractivity contribution >= 4 is 0 Å². The molecule has 0 aliphatic carbocycles.